The molecule has 13 heavy (non-hydrogen) atoms. The van der Waals surface area contributed by atoms with Crippen LogP contribution in [-0.2, 0) is 0 Å². The molecule has 1 fully saturated rings. The second-order valence-electron chi connectivity index (χ2n) is 4.69. The SMILES string of the molecule is OC1C2C=CCCC1C1C=CC2C1. The highest BCUT2D eigenvalue weighted by Crippen LogP contribution is 2.47. The summed E-state index contributed by atoms with van der Waals surface area (Å²) in [6.45, 7) is 0. The Morgan fingerprint density at radius 2 is 1.92 bits per heavy atom. The Bertz CT molecular complexity index is 266. The van der Waals surface area contributed by atoms with Crippen molar-refractivity contribution in [2.24, 2.45) is 23.7 Å². The first-order valence-corrected chi connectivity index (χ1v) is 5.39. The van der Waals surface area contributed by atoms with Gasteiger partial charge < -0.3 is 5.11 Å². The molecule has 0 aromatic rings. The van der Waals surface area contributed by atoms with Crippen molar-refractivity contribution in [2.75, 3.05) is 0 Å². The quantitative estimate of drug-likeness (QED) is 0.561. The van der Waals surface area contributed by atoms with Gasteiger partial charge in [-0.25, -0.2) is 0 Å². The second kappa shape index (κ2) is 2.71. The molecule has 1 N–H and O–H groups in total. The minimum absolute atomic E-state index is 0.0718. The van der Waals surface area contributed by atoms with Crippen molar-refractivity contribution >= 4 is 0 Å². The molecule has 3 aliphatic rings. The first kappa shape index (κ1) is 7.81. The number of aliphatic hydroxyl groups excluding tert-OH is 1. The molecule has 0 heterocycles. The Kier molecular flexibility index (Phi) is 1.63. The summed E-state index contributed by atoms with van der Waals surface area (Å²) < 4.78 is 0. The minimum Gasteiger partial charge on any atom is -0.392 e. The van der Waals surface area contributed by atoms with Crippen LogP contribution >= 0.6 is 0 Å². The summed E-state index contributed by atoms with van der Waals surface area (Å²) in [7, 11) is 0. The maximum absolute atomic E-state index is 10.2. The average molecular weight is 176 g/mol. The Morgan fingerprint density at radius 3 is 2.85 bits per heavy atom. The van der Waals surface area contributed by atoms with E-state index < -0.39 is 0 Å². The van der Waals surface area contributed by atoms with Gasteiger partial charge in [0, 0.05) is 5.92 Å². The van der Waals surface area contributed by atoms with E-state index in [0.717, 1.165) is 6.42 Å². The number of hydrogen-bond acceptors (Lipinski definition) is 1. The van der Waals surface area contributed by atoms with Crippen LogP contribution in [0.5, 0.6) is 0 Å². The van der Waals surface area contributed by atoms with Crippen molar-refractivity contribution < 1.29 is 5.11 Å². The fourth-order valence-electron chi connectivity index (χ4n) is 3.34. The molecular weight excluding hydrogens is 160 g/mol. The van der Waals surface area contributed by atoms with Crippen LogP contribution in [-0.4, -0.2) is 11.2 Å². The first-order chi connectivity index (χ1) is 6.36. The highest BCUT2D eigenvalue weighted by molar-refractivity contribution is 5.17. The van der Waals surface area contributed by atoms with E-state index in [9.17, 15) is 5.11 Å². The van der Waals surface area contributed by atoms with Gasteiger partial charge >= 0.3 is 0 Å². The number of rotatable bonds is 0. The molecule has 4 bridgehead atoms. The molecule has 0 aromatic heterocycles. The van der Waals surface area contributed by atoms with Gasteiger partial charge in [0.05, 0.1) is 6.10 Å². The fraction of sp³-hybridized carbons (Fsp3) is 0.667. The van der Waals surface area contributed by atoms with Crippen molar-refractivity contribution in [3.05, 3.63) is 24.3 Å². The van der Waals surface area contributed by atoms with Gasteiger partial charge in [-0.2, -0.15) is 0 Å². The van der Waals surface area contributed by atoms with Crippen LogP contribution in [0.2, 0.25) is 0 Å². The van der Waals surface area contributed by atoms with E-state index in [2.05, 4.69) is 24.3 Å². The molecule has 1 nitrogen and oxygen atoms in total. The van der Waals surface area contributed by atoms with Gasteiger partial charge in [0.2, 0.25) is 0 Å². The number of aliphatic hydroxyl groups is 1. The lowest BCUT2D eigenvalue weighted by Crippen LogP contribution is -2.38. The molecule has 0 aromatic carbocycles. The van der Waals surface area contributed by atoms with E-state index in [4.69, 9.17) is 0 Å². The third kappa shape index (κ3) is 1.03. The largest absolute Gasteiger partial charge is 0.392 e. The molecular formula is C12H16O. The minimum atomic E-state index is -0.0718. The van der Waals surface area contributed by atoms with Gasteiger partial charge in [0.25, 0.3) is 0 Å². The zero-order valence-electron chi connectivity index (χ0n) is 7.76. The first-order valence-electron chi connectivity index (χ1n) is 5.39. The van der Waals surface area contributed by atoms with Gasteiger partial charge in [0.1, 0.15) is 0 Å². The second-order valence-corrected chi connectivity index (χ2v) is 4.69. The molecule has 0 radical (unpaired) electrons. The van der Waals surface area contributed by atoms with E-state index in [1.807, 2.05) is 0 Å². The van der Waals surface area contributed by atoms with Gasteiger partial charge in [0.15, 0.2) is 0 Å². The lowest BCUT2D eigenvalue weighted by molar-refractivity contribution is 0.00438. The summed E-state index contributed by atoms with van der Waals surface area (Å²) in [5.74, 6) is 2.26. The topological polar surface area (TPSA) is 20.2 Å². The molecule has 5 atom stereocenters. The van der Waals surface area contributed by atoms with E-state index >= 15 is 0 Å². The monoisotopic (exact) mass is 176 g/mol. The molecule has 70 valence electrons. The Labute approximate surface area is 79.2 Å². The van der Waals surface area contributed by atoms with Gasteiger partial charge in [-0.05, 0) is 37.0 Å². The zero-order valence-corrected chi connectivity index (χ0v) is 7.76. The lowest BCUT2D eigenvalue weighted by atomic mass is 9.70. The number of hydrogen-bond donors (Lipinski definition) is 1. The van der Waals surface area contributed by atoms with Crippen LogP contribution in [0.1, 0.15) is 19.3 Å². The van der Waals surface area contributed by atoms with E-state index in [0.29, 0.717) is 23.7 Å². The molecule has 1 heteroatoms. The maximum atomic E-state index is 10.2. The highest BCUT2D eigenvalue weighted by Gasteiger charge is 2.44. The number of allylic oxidation sites excluding steroid dienone is 3. The summed E-state index contributed by atoms with van der Waals surface area (Å²) in [5.41, 5.74) is 0. The number of fused-ring (bicyclic) bond motifs is 6. The zero-order chi connectivity index (χ0) is 8.84. The molecule has 0 saturated heterocycles. The molecule has 1 saturated carbocycles. The third-order valence-electron chi connectivity index (χ3n) is 4.05. The smallest absolute Gasteiger partial charge is 0.0642 e. The Balaban J connectivity index is 2.00. The molecule has 5 unspecified atom stereocenters. The van der Waals surface area contributed by atoms with Crippen LogP contribution in [0.25, 0.3) is 0 Å². The summed E-state index contributed by atoms with van der Waals surface area (Å²) >= 11 is 0. The van der Waals surface area contributed by atoms with Gasteiger partial charge in [-0.1, -0.05) is 24.3 Å². The van der Waals surface area contributed by atoms with Crippen LogP contribution in [0, 0.1) is 23.7 Å². The lowest BCUT2D eigenvalue weighted by Gasteiger charge is -2.37. The van der Waals surface area contributed by atoms with Crippen molar-refractivity contribution in [1.82, 2.24) is 0 Å². The predicted molar refractivity (Wildman–Crippen MR) is 52.1 cm³/mol. The molecule has 0 spiro atoms. The van der Waals surface area contributed by atoms with E-state index in [1.54, 1.807) is 0 Å². The summed E-state index contributed by atoms with van der Waals surface area (Å²) in [4.78, 5) is 0. The standard InChI is InChI=1S/C12H16O/c13-12-10-3-1-2-4-11(12)9-6-5-8(10)7-9/h1,3,5-6,8-13H,2,4,7H2. The van der Waals surface area contributed by atoms with Crippen LogP contribution in [0.3, 0.4) is 0 Å². The van der Waals surface area contributed by atoms with E-state index in [1.165, 1.54) is 12.8 Å². The molecule has 0 aliphatic heterocycles. The average Bonchev–Trinajstić information content (AvgIpc) is 2.51. The Morgan fingerprint density at radius 1 is 1.08 bits per heavy atom. The summed E-state index contributed by atoms with van der Waals surface area (Å²) in [6.07, 6.45) is 12.7. The molecule has 0 amide bonds. The normalized spacial score (nSPS) is 52.2. The molecule has 3 aliphatic carbocycles. The van der Waals surface area contributed by atoms with Crippen LogP contribution < -0.4 is 0 Å². The summed E-state index contributed by atoms with van der Waals surface area (Å²) in [5, 5.41) is 10.2. The Hall–Kier alpha value is -0.560. The van der Waals surface area contributed by atoms with Gasteiger partial charge in [-0.15, -0.1) is 0 Å². The van der Waals surface area contributed by atoms with Crippen molar-refractivity contribution in [1.29, 1.82) is 0 Å². The third-order valence-corrected chi connectivity index (χ3v) is 4.05. The van der Waals surface area contributed by atoms with Crippen LogP contribution in [0.4, 0.5) is 0 Å². The fourth-order valence-corrected chi connectivity index (χ4v) is 3.34. The summed E-state index contributed by atoms with van der Waals surface area (Å²) in [6, 6.07) is 0. The van der Waals surface area contributed by atoms with Crippen LogP contribution in [0.15, 0.2) is 24.3 Å². The molecule has 3 rings (SSSR count). The maximum Gasteiger partial charge on any atom is 0.0642 e. The highest BCUT2D eigenvalue weighted by atomic mass is 16.3. The van der Waals surface area contributed by atoms with Gasteiger partial charge in [-0.3, -0.25) is 0 Å². The van der Waals surface area contributed by atoms with Crippen molar-refractivity contribution in [3.8, 4) is 0 Å². The predicted octanol–water partition coefficient (Wildman–Crippen LogP) is 2.14. The van der Waals surface area contributed by atoms with E-state index in [-0.39, 0.29) is 6.10 Å². The van der Waals surface area contributed by atoms with Crippen molar-refractivity contribution in [3.63, 3.8) is 0 Å². The van der Waals surface area contributed by atoms with Crippen molar-refractivity contribution in [2.45, 2.75) is 25.4 Å².